The molecule has 2 aromatic heterocycles. The van der Waals surface area contributed by atoms with E-state index in [4.69, 9.17) is 5.73 Å². The van der Waals surface area contributed by atoms with Crippen LogP contribution in [-0.2, 0) is 6.54 Å². The van der Waals surface area contributed by atoms with Gasteiger partial charge in [0, 0.05) is 0 Å². The van der Waals surface area contributed by atoms with E-state index in [0.717, 1.165) is 15.9 Å². The third-order valence-electron chi connectivity index (χ3n) is 1.83. The Morgan fingerprint density at radius 1 is 1.54 bits per heavy atom. The van der Waals surface area contributed by atoms with Gasteiger partial charge in [0.1, 0.15) is 16.2 Å². The highest BCUT2D eigenvalue weighted by Crippen LogP contribution is 2.21. The van der Waals surface area contributed by atoms with E-state index in [1.165, 1.54) is 0 Å². The van der Waals surface area contributed by atoms with Crippen LogP contribution in [0.4, 0.5) is 0 Å². The van der Waals surface area contributed by atoms with Gasteiger partial charge in [-0.25, -0.2) is 4.98 Å². The molecule has 0 saturated carbocycles. The molecule has 0 aliphatic carbocycles. The zero-order valence-electron chi connectivity index (χ0n) is 6.74. The Balaban J connectivity index is 2.81. The Morgan fingerprint density at radius 2 is 2.31 bits per heavy atom. The third kappa shape index (κ3) is 1.30. The molecule has 0 aromatic carbocycles. The number of aromatic hydroxyl groups is 1. The van der Waals surface area contributed by atoms with Gasteiger partial charge in [0.05, 0.1) is 18.3 Å². The Kier molecular flexibility index (Phi) is 1.97. The van der Waals surface area contributed by atoms with Gasteiger partial charge in [-0.15, -0.1) is 0 Å². The second-order valence-corrected chi connectivity index (χ2v) is 3.42. The van der Waals surface area contributed by atoms with Gasteiger partial charge < -0.3 is 10.8 Å². The quantitative estimate of drug-likeness (QED) is 0.791. The number of imidazole rings is 1. The van der Waals surface area contributed by atoms with E-state index < -0.39 is 0 Å². The molecule has 5 heteroatoms. The maximum absolute atomic E-state index is 9.25. The Hall–Kier alpha value is -1.07. The average Bonchev–Trinajstić information content (AvgIpc) is 2.42. The molecule has 0 spiro atoms. The number of halogens is 1. The normalized spacial score (nSPS) is 10.9. The zero-order chi connectivity index (χ0) is 9.42. The van der Waals surface area contributed by atoms with Crippen LogP contribution in [0.2, 0.25) is 0 Å². The van der Waals surface area contributed by atoms with Crippen molar-refractivity contribution in [2.45, 2.75) is 6.54 Å². The largest absolute Gasteiger partial charge is 0.506 e. The van der Waals surface area contributed by atoms with Crippen LogP contribution in [0.5, 0.6) is 5.75 Å². The molecule has 0 saturated heterocycles. The molecule has 68 valence electrons. The maximum Gasteiger partial charge on any atom is 0.132 e. The van der Waals surface area contributed by atoms with Gasteiger partial charge >= 0.3 is 0 Å². The molecular weight excluding hydrogens is 234 g/mol. The number of rotatable bonds is 1. The number of hydrogen-bond acceptors (Lipinski definition) is 3. The SMILES string of the molecule is NCc1nc(Br)c2ccc(O)cn12. The lowest BCUT2D eigenvalue weighted by Gasteiger charge is -1.98. The minimum atomic E-state index is 0.201. The summed E-state index contributed by atoms with van der Waals surface area (Å²) in [6, 6.07) is 3.40. The van der Waals surface area contributed by atoms with Crippen molar-refractivity contribution in [2.75, 3.05) is 0 Å². The standard InChI is InChI=1S/C8H8BrN3O/c9-8-6-2-1-5(13)4-12(6)7(3-10)11-8/h1-2,4,13H,3,10H2. The molecule has 0 aliphatic heterocycles. The van der Waals surface area contributed by atoms with E-state index in [0.29, 0.717) is 6.54 Å². The molecule has 0 amide bonds. The summed E-state index contributed by atoms with van der Waals surface area (Å²) in [4.78, 5) is 4.19. The van der Waals surface area contributed by atoms with Crippen molar-refractivity contribution in [1.29, 1.82) is 0 Å². The van der Waals surface area contributed by atoms with E-state index >= 15 is 0 Å². The van der Waals surface area contributed by atoms with Crippen molar-refractivity contribution in [3.8, 4) is 5.75 Å². The highest BCUT2D eigenvalue weighted by molar-refractivity contribution is 9.10. The molecule has 0 atom stereocenters. The number of pyridine rings is 1. The highest BCUT2D eigenvalue weighted by atomic mass is 79.9. The number of nitrogens with zero attached hydrogens (tertiary/aromatic N) is 2. The monoisotopic (exact) mass is 241 g/mol. The summed E-state index contributed by atoms with van der Waals surface area (Å²) in [5.74, 6) is 0.921. The fourth-order valence-electron chi connectivity index (χ4n) is 1.24. The zero-order valence-corrected chi connectivity index (χ0v) is 8.32. The molecule has 0 aliphatic rings. The fourth-order valence-corrected chi connectivity index (χ4v) is 1.77. The fraction of sp³-hybridized carbons (Fsp3) is 0.125. The molecule has 13 heavy (non-hydrogen) atoms. The first-order chi connectivity index (χ1) is 6.22. The van der Waals surface area contributed by atoms with E-state index in [1.54, 1.807) is 22.7 Å². The molecular formula is C8H8BrN3O. The van der Waals surface area contributed by atoms with Crippen molar-refractivity contribution >= 4 is 21.4 Å². The van der Waals surface area contributed by atoms with Crippen LogP contribution in [-0.4, -0.2) is 14.5 Å². The van der Waals surface area contributed by atoms with Crippen LogP contribution in [0.3, 0.4) is 0 Å². The summed E-state index contributed by atoms with van der Waals surface area (Å²) < 4.78 is 2.51. The Labute approximate surface area is 83.1 Å². The topological polar surface area (TPSA) is 63.5 Å². The lowest BCUT2D eigenvalue weighted by Crippen LogP contribution is -2.01. The molecule has 2 heterocycles. The minimum absolute atomic E-state index is 0.201. The van der Waals surface area contributed by atoms with Gasteiger partial charge in [0.25, 0.3) is 0 Å². The highest BCUT2D eigenvalue weighted by Gasteiger charge is 2.07. The van der Waals surface area contributed by atoms with Crippen LogP contribution in [0, 0.1) is 0 Å². The molecule has 2 aromatic rings. The second kappa shape index (κ2) is 3.01. The summed E-state index contributed by atoms with van der Waals surface area (Å²) in [5.41, 5.74) is 6.39. The summed E-state index contributed by atoms with van der Waals surface area (Å²) in [5, 5.41) is 9.25. The van der Waals surface area contributed by atoms with Gasteiger partial charge in [-0.3, -0.25) is 4.40 Å². The van der Waals surface area contributed by atoms with Crippen molar-refractivity contribution in [3.63, 3.8) is 0 Å². The van der Waals surface area contributed by atoms with Gasteiger partial charge in [0.15, 0.2) is 0 Å². The number of aromatic nitrogens is 2. The molecule has 0 unspecified atom stereocenters. The Morgan fingerprint density at radius 3 is 3.00 bits per heavy atom. The van der Waals surface area contributed by atoms with Gasteiger partial charge in [-0.2, -0.15) is 0 Å². The first-order valence-electron chi connectivity index (χ1n) is 3.78. The van der Waals surface area contributed by atoms with Crippen molar-refractivity contribution in [1.82, 2.24) is 9.38 Å². The number of hydrogen-bond donors (Lipinski definition) is 2. The average molecular weight is 242 g/mol. The van der Waals surface area contributed by atoms with Gasteiger partial charge in [-0.05, 0) is 28.1 Å². The lowest BCUT2D eigenvalue weighted by atomic mass is 10.4. The summed E-state index contributed by atoms with van der Waals surface area (Å²) >= 11 is 3.31. The molecule has 4 nitrogen and oxygen atoms in total. The van der Waals surface area contributed by atoms with E-state index in [-0.39, 0.29) is 5.75 Å². The van der Waals surface area contributed by atoms with Crippen LogP contribution < -0.4 is 5.73 Å². The first kappa shape index (κ1) is 8.52. The molecule has 2 rings (SSSR count). The molecule has 0 radical (unpaired) electrons. The lowest BCUT2D eigenvalue weighted by molar-refractivity contribution is 0.471. The van der Waals surface area contributed by atoms with Crippen LogP contribution >= 0.6 is 15.9 Å². The molecule has 0 bridgehead atoms. The summed E-state index contributed by atoms with van der Waals surface area (Å²) in [6.45, 7) is 0.343. The Bertz CT molecular complexity index is 452. The molecule has 0 fully saturated rings. The van der Waals surface area contributed by atoms with E-state index in [9.17, 15) is 5.11 Å². The van der Waals surface area contributed by atoms with Crippen LogP contribution in [0.1, 0.15) is 5.82 Å². The smallest absolute Gasteiger partial charge is 0.132 e. The van der Waals surface area contributed by atoms with Gasteiger partial charge in [-0.1, -0.05) is 0 Å². The van der Waals surface area contributed by atoms with Crippen molar-refractivity contribution in [3.05, 3.63) is 28.8 Å². The number of fused-ring (bicyclic) bond motifs is 1. The summed E-state index contributed by atoms with van der Waals surface area (Å²) in [6.07, 6.45) is 1.59. The van der Waals surface area contributed by atoms with Crippen LogP contribution in [0.25, 0.3) is 5.52 Å². The second-order valence-electron chi connectivity index (χ2n) is 2.67. The predicted octanol–water partition coefficient (Wildman–Crippen LogP) is 1.26. The maximum atomic E-state index is 9.25. The van der Waals surface area contributed by atoms with Crippen LogP contribution in [0.15, 0.2) is 22.9 Å². The first-order valence-corrected chi connectivity index (χ1v) is 4.57. The summed E-state index contributed by atoms with van der Waals surface area (Å²) in [7, 11) is 0. The van der Waals surface area contributed by atoms with Crippen molar-refractivity contribution in [2.24, 2.45) is 5.73 Å². The molecule has 3 N–H and O–H groups in total. The van der Waals surface area contributed by atoms with E-state index in [1.807, 2.05) is 0 Å². The van der Waals surface area contributed by atoms with E-state index in [2.05, 4.69) is 20.9 Å². The third-order valence-corrected chi connectivity index (χ3v) is 2.42. The van der Waals surface area contributed by atoms with Crippen molar-refractivity contribution < 1.29 is 5.11 Å². The minimum Gasteiger partial charge on any atom is -0.506 e. The number of nitrogens with two attached hydrogens (primary N) is 1. The predicted molar refractivity (Wildman–Crippen MR) is 52.4 cm³/mol. The van der Waals surface area contributed by atoms with Gasteiger partial charge in [0.2, 0.25) is 0 Å².